The summed E-state index contributed by atoms with van der Waals surface area (Å²) in [6, 6.07) is 3.28. The zero-order chi connectivity index (χ0) is 8.43. The summed E-state index contributed by atoms with van der Waals surface area (Å²) in [5.74, 6) is 0. The van der Waals surface area contributed by atoms with Crippen LogP contribution in [-0.4, -0.2) is 0 Å². The molecule has 0 saturated heterocycles. The van der Waals surface area contributed by atoms with Gasteiger partial charge >= 0.3 is 0 Å². The Morgan fingerprint density at radius 3 is 2.09 bits per heavy atom. The second kappa shape index (κ2) is 3.44. The standard InChI is InChI=1S/C7H2BrCl2N/c1-11-7-5(9)2-4(8)3-6(7)10/h2-3H. The van der Waals surface area contributed by atoms with Crippen LogP contribution >= 0.6 is 39.1 Å². The first-order valence-electron chi connectivity index (χ1n) is 2.67. The van der Waals surface area contributed by atoms with E-state index in [1.807, 2.05) is 0 Å². The molecule has 11 heavy (non-hydrogen) atoms. The summed E-state index contributed by atoms with van der Waals surface area (Å²) in [5.41, 5.74) is 0.302. The molecule has 0 radical (unpaired) electrons. The van der Waals surface area contributed by atoms with Crippen LogP contribution in [0, 0.1) is 6.57 Å². The first kappa shape index (κ1) is 8.86. The average molecular weight is 251 g/mol. The Morgan fingerprint density at radius 2 is 1.73 bits per heavy atom. The zero-order valence-electron chi connectivity index (χ0n) is 5.24. The first-order valence-corrected chi connectivity index (χ1v) is 4.22. The Hall–Kier alpha value is -0.230. The smallest absolute Gasteiger partial charge is 0.223 e. The predicted octanol–water partition coefficient (Wildman–Crippen LogP) is 4.31. The van der Waals surface area contributed by atoms with Crippen LogP contribution in [0.15, 0.2) is 16.6 Å². The number of halogens is 3. The van der Waals surface area contributed by atoms with Crippen molar-refractivity contribution in [1.29, 1.82) is 0 Å². The minimum atomic E-state index is 0.302. The number of hydrogen-bond acceptors (Lipinski definition) is 0. The van der Waals surface area contributed by atoms with Crippen molar-refractivity contribution >= 4 is 44.8 Å². The van der Waals surface area contributed by atoms with Gasteiger partial charge in [0.1, 0.15) is 0 Å². The monoisotopic (exact) mass is 249 g/mol. The molecule has 0 atom stereocenters. The van der Waals surface area contributed by atoms with Crippen molar-refractivity contribution in [1.82, 2.24) is 0 Å². The lowest BCUT2D eigenvalue weighted by Gasteiger charge is -1.98. The molecule has 4 heteroatoms. The van der Waals surface area contributed by atoms with Crippen LogP contribution < -0.4 is 0 Å². The van der Waals surface area contributed by atoms with Crippen molar-refractivity contribution in [2.75, 3.05) is 0 Å². The van der Waals surface area contributed by atoms with Crippen LogP contribution in [0.25, 0.3) is 4.85 Å². The van der Waals surface area contributed by atoms with E-state index >= 15 is 0 Å². The first-order chi connectivity index (χ1) is 5.15. The molecule has 0 aliphatic carbocycles. The van der Waals surface area contributed by atoms with Crippen LogP contribution in [-0.2, 0) is 0 Å². The molecule has 0 N–H and O–H groups in total. The fourth-order valence-electron chi connectivity index (χ4n) is 0.641. The van der Waals surface area contributed by atoms with Crippen molar-refractivity contribution in [3.05, 3.63) is 38.1 Å². The van der Waals surface area contributed by atoms with E-state index in [0.717, 1.165) is 4.47 Å². The second-order valence-corrected chi connectivity index (χ2v) is 3.56. The molecule has 0 aliphatic rings. The molecule has 0 unspecified atom stereocenters. The molecule has 0 aliphatic heterocycles. The van der Waals surface area contributed by atoms with Crippen LogP contribution in [0.2, 0.25) is 10.0 Å². The Bertz CT molecular complexity index is 307. The molecular weight excluding hydrogens is 249 g/mol. The summed E-state index contributed by atoms with van der Waals surface area (Å²) in [5, 5.41) is 0.749. The summed E-state index contributed by atoms with van der Waals surface area (Å²) < 4.78 is 0.778. The van der Waals surface area contributed by atoms with Gasteiger partial charge in [0, 0.05) is 14.5 Å². The Morgan fingerprint density at radius 1 is 1.27 bits per heavy atom. The molecule has 56 valence electrons. The molecule has 0 heterocycles. The molecule has 0 spiro atoms. The van der Waals surface area contributed by atoms with Crippen LogP contribution in [0.4, 0.5) is 5.69 Å². The largest absolute Gasteiger partial charge is 0.235 e. The zero-order valence-corrected chi connectivity index (χ0v) is 8.33. The summed E-state index contributed by atoms with van der Waals surface area (Å²) in [6.07, 6.45) is 0. The molecule has 0 amide bonds. The van der Waals surface area contributed by atoms with Gasteiger partial charge in [-0.2, -0.15) is 0 Å². The van der Waals surface area contributed by atoms with Crippen LogP contribution in [0.5, 0.6) is 0 Å². The highest BCUT2D eigenvalue weighted by Gasteiger charge is 2.05. The third-order valence-corrected chi connectivity index (χ3v) is 2.13. The number of rotatable bonds is 0. The van der Waals surface area contributed by atoms with Gasteiger partial charge in [0.2, 0.25) is 5.69 Å². The maximum atomic E-state index is 6.74. The lowest BCUT2D eigenvalue weighted by atomic mass is 10.3. The van der Waals surface area contributed by atoms with Crippen LogP contribution in [0.1, 0.15) is 0 Å². The molecule has 1 nitrogen and oxygen atoms in total. The van der Waals surface area contributed by atoms with E-state index in [-0.39, 0.29) is 0 Å². The molecule has 0 fully saturated rings. The lowest BCUT2D eigenvalue weighted by molar-refractivity contribution is 1.66. The van der Waals surface area contributed by atoms with Gasteiger partial charge in [0.15, 0.2) is 0 Å². The molecule has 1 aromatic rings. The number of nitrogens with zero attached hydrogens (tertiary/aromatic N) is 1. The summed E-state index contributed by atoms with van der Waals surface area (Å²) in [7, 11) is 0. The molecule has 0 aromatic heterocycles. The summed E-state index contributed by atoms with van der Waals surface area (Å²) in [4.78, 5) is 3.18. The molecule has 0 bridgehead atoms. The minimum absolute atomic E-state index is 0.302. The van der Waals surface area contributed by atoms with Gasteiger partial charge in [-0.3, -0.25) is 0 Å². The highest BCUT2D eigenvalue weighted by molar-refractivity contribution is 9.10. The van der Waals surface area contributed by atoms with Crippen molar-refractivity contribution < 1.29 is 0 Å². The minimum Gasteiger partial charge on any atom is -0.235 e. The van der Waals surface area contributed by atoms with E-state index < -0.39 is 0 Å². The van der Waals surface area contributed by atoms with E-state index in [1.165, 1.54) is 0 Å². The number of hydrogen-bond donors (Lipinski definition) is 0. The maximum absolute atomic E-state index is 6.74. The third-order valence-electron chi connectivity index (χ3n) is 1.09. The maximum Gasteiger partial charge on any atom is 0.223 e. The highest BCUT2D eigenvalue weighted by Crippen LogP contribution is 2.35. The average Bonchev–Trinajstić information content (AvgIpc) is 1.85. The van der Waals surface area contributed by atoms with Crippen molar-refractivity contribution in [3.8, 4) is 0 Å². The summed E-state index contributed by atoms with van der Waals surface area (Å²) >= 11 is 14.6. The van der Waals surface area contributed by atoms with Gasteiger partial charge < -0.3 is 0 Å². The van der Waals surface area contributed by atoms with Gasteiger partial charge in [-0.05, 0) is 12.1 Å². The Balaban J connectivity index is 3.40. The number of benzene rings is 1. The molecular formula is C7H2BrCl2N. The van der Waals surface area contributed by atoms with Gasteiger partial charge in [-0.15, -0.1) is 0 Å². The van der Waals surface area contributed by atoms with E-state index in [4.69, 9.17) is 29.8 Å². The molecule has 1 aromatic carbocycles. The van der Waals surface area contributed by atoms with E-state index in [9.17, 15) is 0 Å². The Kier molecular flexibility index (Phi) is 2.78. The SMILES string of the molecule is [C-]#[N+]c1c(Cl)cc(Br)cc1Cl. The highest BCUT2D eigenvalue weighted by atomic mass is 79.9. The van der Waals surface area contributed by atoms with Gasteiger partial charge in [-0.1, -0.05) is 39.1 Å². The molecule has 1 rings (SSSR count). The summed E-state index contributed by atoms with van der Waals surface area (Å²) in [6.45, 7) is 6.74. The van der Waals surface area contributed by atoms with Crippen molar-refractivity contribution in [2.45, 2.75) is 0 Å². The second-order valence-electron chi connectivity index (χ2n) is 1.83. The topological polar surface area (TPSA) is 4.36 Å². The van der Waals surface area contributed by atoms with Gasteiger partial charge in [-0.25, -0.2) is 4.85 Å². The lowest BCUT2D eigenvalue weighted by Crippen LogP contribution is -1.70. The normalized spacial score (nSPS) is 9.27. The van der Waals surface area contributed by atoms with Crippen molar-refractivity contribution in [3.63, 3.8) is 0 Å². The van der Waals surface area contributed by atoms with Gasteiger partial charge in [0.05, 0.1) is 6.57 Å². The van der Waals surface area contributed by atoms with Gasteiger partial charge in [0.25, 0.3) is 0 Å². The quantitative estimate of drug-likeness (QED) is 0.605. The van der Waals surface area contributed by atoms with Crippen molar-refractivity contribution in [2.24, 2.45) is 0 Å². The third kappa shape index (κ3) is 1.87. The van der Waals surface area contributed by atoms with E-state index in [1.54, 1.807) is 12.1 Å². The van der Waals surface area contributed by atoms with E-state index in [2.05, 4.69) is 20.8 Å². The fourth-order valence-corrected chi connectivity index (χ4v) is 1.93. The van der Waals surface area contributed by atoms with Crippen LogP contribution in [0.3, 0.4) is 0 Å². The fraction of sp³-hybridized carbons (Fsp3) is 0. The van der Waals surface area contributed by atoms with E-state index in [0.29, 0.717) is 15.7 Å². The predicted molar refractivity (Wildman–Crippen MR) is 50.4 cm³/mol. The Labute approximate surface area is 82.9 Å². The molecule has 0 saturated carbocycles.